The van der Waals surface area contributed by atoms with Gasteiger partial charge in [-0.2, -0.15) is 0 Å². The third-order valence-corrected chi connectivity index (χ3v) is 4.12. The predicted molar refractivity (Wildman–Crippen MR) is 80.5 cm³/mol. The van der Waals surface area contributed by atoms with Gasteiger partial charge < -0.3 is 15.4 Å². The summed E-state index contributed by atoms with van der Waals surface area (Å²) in [4.78, 5) is 14.3. The van der Waals surface area contributed by atoms with Gasteiger partial charge in [0.1, 0.15) is 0 Å². The van der Waals surface area contributed by atoms with Crippen LogP contribution in [0.1, 0.15) is 37.7 Å². The fourth-order valence-electron chi connectivity index (χ4n) is 2.62. The van der Waals surface area contributed by atoms with Crippen LogP contribution < -0.4 is 5.73 Å². The van der Waals surface area contributed by atoms with E-state index in [1.54, 1.807) is 0 Å². The maximum atomic E-state index is 12.4. The Hall–Kier alpha value is -1.55. The van der Waals surface area contributed by atoms with Crippen molar-refractivity contribution >= 4 is 11.6 Å². The van der Waals surface area contributed by atoms with Gasteiger partial charge in [-0.1, -0.05) is 19.1 Å². The van der Waals surface area contributed by atoms with E-state index in [-0.39, 0.29) is 11.8 Å². The Bertz CT molecular complexity index is 438. The van der Waals surface area contributed by atoms with Crippen LogP contribution in [0.25, 0.3) is 0 Å². The molecule has 1 aromatic carbocycles. The number of amides is 1. The molecule has 0 bridgehead atoms. The molecule has 0 radical (unpaired) electrons. The summed E-state index contributed by atoms with van der Waals surface area (Å²) in [5.41, 5.74) is 7.60. The second-order valence-electron chi connectivity index (χ2n) is 5.62. The molecule has 0 saturated carbocycles. The van der Waals surface area contributed by atoms with Crippen LogP contribution in [0.3, 0.4) is 0 Å². The number of carbonyl (C=O) groups is 1. The highest BCUT2D eigenvalue weighted by atomic mass is 16.5. The van der Waals surface area contributed by atoms with Crippen LogP contribution in [-0.4, -0.2) is 37.1 Å². The average molecular weight is 276 g/mol. The number of rotatable bonds is 4. The molecule has 110 valence electrons. The molecule has 2 N–H and O–H groups in total. The zero-order chi connectivity index (χ0) is 14.5. The van der Waals surface area contributed by atoms with Gasteiger partial charge in [-0.25, -0.2) is 0 Å². The van der Waals surface area contributed by atoms with E-state index in [2.05, 4.69) is 6.92 Å². The summed E-state index contributed by atoms with van der Waals surface area (Å²) in [6, 6.07) is 8.11. The molecule has 0 spiro atoms. The van der Waals surface area contributed by atoms with Crippen molar-refractivity contribution in [2.75, 3.05) is 26.0 Å². The van der Waals surface area contributed by atoms with E-state index in [0.717, 1.165) is 37.3 Å². The first-order chi connectivity index (χ1) is 9.58. The summed E-state index contributed by atoms with van der Waals surface area (Å²) >= 11 is 0. The number of hydrogen-bond acceptors (Lipinski definition) is 3. The van der Waals surface area contributed by atoms with Crippen molar-refractivity contribution in [2.45, 2.75) is 38.1 Å². The Labute approximate surface area is 120 Å². The lowest BCUT2D eigenvalue weighted by molar-refractivity contribution is -0.133. The first-order valence-electron chi connectivity index (χ1n) is 7.26. The summed E-state index contributed by atoms with van der Waals surface area (Å²) in [6.07, 6.45) is 2.43. The summed E-state index contributed by atoms with van der Waals surface area (Å²) in [7, 11) is 1.91. The molecule has 0 aromatic heterocycles. The highest BCUT2D eigenvalue weighted by Crippen LogP contribution is 2.22. The standard InChI is InChI=1S/C16H24N2O2/c1-12(13-3-5-14(17)6-4-13)11-16(19)18(2)15-7-9-20-10-8-15/h3-6,12,15H,7-11,17H2,1-2H3. The molecule has 1 fully saturated rings. The van der Waals surface area contributed by atoms with Crippen molar-refractivity contribution in [1.29, 1.82) is 0 Å². The van der Waals surface area contributed by atoms with Crippen molar-refractivity contribution in [3.05, 3.63) is 29.8 Å². The lowest BCUT2D eigenvalue weighted by Crippen LogP contribution is -2.40. The minimum atomic E-state index is 0.209. The first kappa shape index (κ1) is 14.9. The normalized spacial score (nSPS) is 17.7. The first-order valence-corrected chi connectivity index (χ1v) is 7.26. The number of benzene rings is 1. The fraction of sp³-hybridized carbons (Fsp3) is 0.562. The van der Waals surface area contributed by atoms with Gasteiger partial charge in [-0.05, 0) is 36.5 Å². The molecule has 1 aromatic rings. The van der Waals surface area contributed by atoms with Gasteiger partial charge >= 0.3 is 0 Å². The third-order valence-electron chi connectivity index (χ3n) is 4.12. The number of ether oxygens (including phenoxy) is 1. The molecule has 1 atom stereocenters. The zero-order valence-electron chi connectivity index (χ0n) is 12.3. The molecule has 1 heterocycles. The van der Waals surface area contributed by atoms with Gasteiger partial charge in [0, 0.05) is 38.4 Å². The Kier molecular flexibility index (Phi) is 5.01. The van der Waals surface area contributed by atoms with Crippen molar-refractivity contribution in [2.24, 2.45) is 0 Å². The summed E-state index contributed by atoms with van der Waals surface area (Å²) in [6.45, 7) is 3.60. The van der Waals surface area contributed by atoms with E-state index in [1.165, 1.54) is 0 Å². The highest BCUT2D eigenvalue weighted by Gasteiger charge is 2.23. The minimum Gasteiger partial charge on any atom is -0.399 e. The number of carbonyl (C=O) groups excluding carboxylic acids is 1. The lowest BCUT2D eigenvalue weighted by Gasteiger charge is -2.32. The predicted octanol–water partition coefficient (Wildman–Crippen LogP) is 2.40. The monoisotopic (exact) mass is 276 g/mol. The lowest BCUT2D eigenvalue weighted by atomic mass is 9.96. The molecule has 1 saturated heterocycles. The fourth-order valence-corrected chi connectivity index (χ4v) is 2.62. The van der Waals surface area contributed by atoms with Crippen LogP contribution in [0, 0.1) is 0 Å². The average Bonchev–Trinajstić information content (AvgIpc) is 2.48. The van der Waals surface area contributed by atoms with E-state index in [9.17, 15) is 4.79 Å². The Morgan fingerprint density at radius 1 is 1.35 bits per heavy atom. The number of nitrogen functional groups attached to an aromatic ring is 1. The van der Waals surface area contributed by atoms with Crippen LogP contribution in [-0.2, 0) is 9.53 Å². The second kappa shape index (κ2) is 6.75. The number of nitrogens with zero attached hydrogens (tertiary/aromatic N) is 1. The van der Waals surface area contributed by atoms with Crippen molar-refractivity contribution in [3.8, 4) is 0 Å². The third kappa shape index (κ3) is 3.73. The summed E-state index contributed by atoms with van der Waals surface area (Å²) in [5.74, 6) is 0.423. The van der Waals surface area contributed by atoms with Crippen molar-refractivity contribution < 1.29 is 9.53 Å². The van der Waals surface area contributed by atoms with E-state index in [1.807, 2.05) is 36.2 Å². The van der Waals surface area contributed by atoms with Gasteiger partial charge in [0.15, 0.2) is 0 Å². The molecule has 1 aliphatic rings. The van der Waals surface area contributed by atoms with Crippen LogP contribution in [0.5, 0.6) is 0 Å². The minimum absolute atomic E-state index is 0.209. The maximum absolute atomic E-state index is 12.4. The van der Waals surface area contributed by atoms with Crippen LogP contribution in [0.15, 0.2) is 24.3 Å². The SMILES string of the molecule is CC(CC(=O)N(C)C1CCOCC1)c1ccc(N)cc1. The molecule has 20 heavy (non-hydrogen) atoms. The molecular weight excluding hydrogens is 252 g/mol. The van der Waals surface area contributed by atoms with Gasteiger partial charge in [0.2, 0.25) is 5.91 Å². The van der Waals surface area contributed by atoms with Gasteiger partial charge in [0.25, 0.3) is 0 Å². The molecule has 0 aliphatic carbocycles. The molecule has 2 rings (SSSR count). The van der Waals surface area contributed by atoms with E-state index in [0.29, 0.717) is 12.5 Å². The van der Waals surface area contributed by atoms with Crippen LogP contribution in [0.4, 0.5) is 5.69 Å². The largest absolute Gasteiger partial charge is 0.399 e. The Morgan fingerprint density at radius 3 is 2.55 bits per heavy atom. The summed E-state index contributed by atoms with van der Waals surface area (Å²) < 4.78 is 5.34. The quantitative estimate of drug-likeness (QED) is 0.859. The maximum Gasteiger partial charge on any atom is 0.223 e. The molecule has 1 aliphatic heterocycles. The van der Waals surface area contributed by atoms with Gasteiger partial charge in [0.05, 0.1) is 0 Å². The molecular formula is C16H24N2O2. The van der Waals surface area contributed by atoms with Crippen molar-refractivity contribution in [1.82, 2.24) is 4.90 Å². The Balaban J connectivity index is 1.91. The zero-order valence-corrected chi connectivity index (χ0v) is 12.3. The molecule has 4 nitrogen and oxygen atoms in total. The van der Waals surface area contributed by atoms with E-state index in [4.69, 9.17) is 10.5 Å². The molecule has 1 unspecified atom stereocenters. The molecule has 1 amide bonds. The van der Waals surface area contributed by atoms with Crippen LogP contribution >= 0.6 is 0 Å². The Morgan fingerprint density at radius 2 is 1.95 bits per heavy atom. The molecule has 4 heteroatoms. The van der Waals surface area contributed by atoms with E-state index < -0.39 is 0 Å². The van der Waals surface area contributed by atoms with Gasteiger partial charge in [-0.3, -0.25) is 4.79 Å². The number of hydrogen-bond donors (Lipinski definition) is 1. The highest BCUT2D eigenvalue weighted by molar-refractivity contribution is 5.77. The number of anilines is 1. The number of nitrogens with two attached hydrogens (primary N) is 1. The smallest absolute Gasteiger partial charge is 0.223 e. The summed E-state index contributed by atoms with van der Waals surface area (Å²) in [5, 5.41) is 0. The second-order valence-corrected chi connectivity index (χ2v) is 5.62. The van der Waals surface area contributed by atoms with Crippen LogP contribution in [0.2, 0.25) is 0 Å². The van der Waals surface area contributed by atoms with E-state index >= 15 is 0 Å². The van der Waals surface area contributed by atoms with Gasteiger partial charge in [-0.15, -0.1) is 0 Å². The topological polar surface area (TPSA) is 55.6 Å². The van der Waals surface area contributed by atoms with Crippen molar-refractivity contribution in [3.63, 3.8) is 0 Å².